The topological polar surface area (TPSA) is 24.5 Å². The van der Waals surface area contributed by atoms with Gasteiger partial charge < -0.3 is 10.1 Å². The van der Waals surface area contributed by atoms with Crippen molar-refractivity contribution in [3.8, 4) is 0 Å². The van der Waals surface area contributed by atoms with Gasteiger partial charge in [0.25, 0.3) is 0 Å². The third kappa shape index (κ3) is 3.96. The van der Waals surface area contributed by atoms with Gasteiger partial charge in [0.05, 0.1) is 12.7 Å². The van der Waals surface area contributed by atoms with Crippen molar-refractivity contribution in [3.05, 3.63) is 0 Å². The Kier molecular flexibility index (Phi) is 5.75. The minimum Gasteiger partial charge on any atom is -0.375 e. The Hall–Kier alpha value is -0.120. The van der Waals surface area contributed by atoms with Crippen LogP contribution in [0.25, 0.3) is 0 Å². The van der Waals surface area contributed by atoms with Gasteiger partial charge in [-0.15, -0.1) is 0 Å². The fourth-order valence-electron chi connectivity index (χ4n) is 4.35. The highest BCUT2D eigenvalue weighted by molar-refractivity contribution is 4.87. The number of morpholine rings is 1. The molecule has 3 rings (SSSR count). The molecule has 2 unspecified atom stereocenters. The van der Waals surface area contributed by atoms with E-state index in [1.807, 2.05) is 0 Å². The number of fused-ring (bicyclic) bond motifs is 1. The molecule has 3 heteroatoms. The first-order chi connectivity index (χ1) is 9.93. The summed E-state index contributed by atoms with van der Waals surface area (Å²) < 4.78 is 5.96. The number of hydrogen-bond donors (Lipinski definition) is 1. The normalized spacial score (nSPS) is 33.6. The first-order valence-corrected chi connectivity index (χ1v) is 9.02. The number of nitrogens with one attached hydrogen (secondary N) is 1. The summed E-state index contributed by atoms with van der Waals surface area (Å²) in [5, 5.41) is 3.82. The predicted molar refractivity (Wildman–Crippen MR) is 83.1 cm³/mol. The van der Waals surface area contributed by atoms with Crippen LogP contribution in [0.15, 0.2) is 0 Å². The molecule has 0 aromatic rings. The molecule has 0 amide bonds. The number of nitrogens with zero attached hydrogens (tertiary/aromatic N) is 1. The Morgan fingerprint density at radius 2 is 1.65 bits per heavy atom. The van der Waals surface area contributed by atoms with Crippen molar-refractivity contribution in [2.24, 2.45) is 0 Å². The molecule has 0 radical (unpaired) electrons. The monoisotopic (exact) mass is 280 g/mol. The maximum absolute atomic E-state index is 5.96. The molecule has 20 heavy (non-hydrogen) atoms. The van der Waals surface area contributed by atoms with Crippen LogP contribution in [0.1, 0.15) is 64.2 Å². The second-order valence-corrected chi connectivity index (χ2v) is 6.94. The molecule has 3 aliphatic rings. The van der Waals surface area contributed by atoms with Gasteiger partial charge in [-0.25, -0.2) is 0 Å². The first kappa shape index (κ1) is 14.8. The quantitative estimate of drug-likeness (QED) is 0.801. The minimum atomic E-state index is 0.537. The van der Waals surface area contributed by atoms with E-state index in [-0.39, 0.29) is 0 Å². The second kappa shape index (κ2) is 7.77. The molecule has 0 bridgehead atoms. The van der Waals surface area contributed by atoms with E-state index < -0.39 is 0 Å². The number of rotatable bonds is 4. The molecular weight excluding hydrogens is 248 g/mol. The highest BCUT2D eigenvalue weighted by Crippen LogP contribution is 2.28. The summed E-state index contributed by atoms with van der Waals surface area (Å²) in [6.45, 7) is 4.49. The Labute approximate surface area is 124 Å². The number of hydrogen-bond acceptors (Lipinski definition) is 3. The first-order valence-electron chi connectivity index (χ1n) is 9.02. The summed E-state index contributed by atoms with van der Waals surface area (Å²) in [5.74, 6) is 0. The van der Waals surface area contributed by atoms with Crippen molar-refractivity contribution >= 4 is 0 Å². The lowest BCUT2D eigenvalue weighted by molar-refractivity contribution is -0.0875. The Balaban J connectivity index is 1.40. The van der Waals surface area contributed by atoms with Gasteiger partial charge in [0, 0.05) is 31.7 Å². The van der Waals surface area contributed by atoms with E-state index in [2.05, 4.69) is 10.2 Å². The van der Waals surface area contributed by atoms with Crippen LogP contribution in [0.5, 0.6) is 0 Å². The molecule has 0 aromatic heterocycles. The van der Waals surface area contributed by atoms with Gasteiger partial charge in [0.15, 0.2) is 0 Å². The van der Waals surface area contributed by atoms with E-state index >= 15 is 0 Å². The van der Waals surface area contributed by atoms with Crippen LogP contribution >= 0.6 is 0 Å². The molecule has 1 aliphatic heterocycles. The lowest BCUT2D eigenvalue weighted by Crippen LogP contribution is -2.54. The van der Waals surface area contributed by atoms with Gasteiger partial charge in [0.2, 0.25) is 0 Å². The van der Waals surface area contributed by atoms with E-state index in [1.165, 1.54) is 77.3 Å². The summed E-state index contributed by atoms with van der Waals surface area (Å²) in [6.07, 6.45) is 14.5. The predicted octanol–water partition coefficient (Wildman–Crippen LogP) is 2.94. The van der Waals surface area contributed by atoms with Crippen molar-refractivity contribution in [2.75, 3.05) is 26.2 Å². The minimum absolute atomic E-state index is 0.537. The lowest BCUT2D eigenvalue weighted by atomic mass is 9.90. The Morgan fingerprint density at radius 3 is 2.50 bits per heavy atom. The fraction of sp³-hybridized carbons (Fsp3) is 1.00. The fourth-order valence-corrected chi connectivity index (χ4v) is 4.35. The van der Waals surface area contributed by atoms with Crippen LogP contribution in [-0.2, 0) is 4.74 Å². The standard InChI is InChI=1S/C17H32N2O/c1-2-4-8-15(7-3-1)18-11-12-19-13-14-20-17-10-6-5-9-16(17)19/h15-18H,1-14H2. The van der Waals surface area contributed by atoms with Gasteiger partial charge in [-0.3, -0.25) is 4.90 Å². The molecule has 2 saturated carbocycles. The summed E-state index contributed by atoms with van der Waals surface area (Å²) in [5.41, 5.74) is 0. The highest BCUT2D eigenvalue weighted by atomic mass is 16.5. The van der Waals surface area contributed by atoms with E-state index in [4.69, 9.17) is 4.74 Å². The number of ether oxygens (including phenoxy) is 1. The van der Waals surface area contributed by atoms with Crippen LogP contribution in [0.3, 0.4) is 0 Å². The van der Waals surface area contributed by atoms with Gasteiger partial charge in [0.1, 0.15) is 0 Å². The van der Waals surface area contributed by atoms with E-state index in [0.29, 0.717) is 12.1 Å². The van der Waals surface area contributed by atoms with E-state index in [1.54, 1.807) is 0 Å². The summed E-state index contributed by atoms with van der Waals surface area (Å²) in [4.78, 5) is 2.71. The summed E-state index contributed by atoms with van der Waals surface area (Å²) >= 11 is 0. The van der Waals surface area contributed by atoms with Gasteiger partial charge in [-0.05, 0) is 25.7 Å². The SMILES string of the molecule is C1CCCC(NCCN2CCOC3CCCCC32)CC1. The van der Waals surface area contributed by atoms with Crippen molar-refractivity contribution in [1.29, 1.82) is 0 Å². The molecule has 1 N–H and O–H groups in total. The van der Waals surface area contributed by atoms with Gasteiger partial charge in [-0.1, -0.05) is 38.5 Å². The molecule has 2 aliphatic carbocycles. The third-order valence-corrected chi connectivity index (χ3v) is 5.53. The molecular formula is C17H32N2O. The highest BCUT2D eigenvalue weighted by Gasteiger charge is 2.33. The van der Waals surface area contributed by atoms with Crippen molar-refractivity contribution in [3.63, 3.8) is 0 Å². The zero-order valence-electron chi connectivity index (χ0n) is 13.0. The summed E-state index contributed by atoms with van der Waals surface area (Å²) in [6, 6.07) is 1.51. The maximum atomic E-state index is 5.96. The summed E-state index contributed by atoms with van der Waals surface area (Å²) in [7, 11) is 0. The third-order valence-electron chi connectivity index (χ3n) is 5.53. The largest absolute Gasteiger partial charge is 0.375 e. The van der Waals surface area contributed by atoms with Gasteiger partial charge >= 0.3 is 0 Å². The molecule has 1 saturated heterocycles. The molecule has 0 aromatic carbocycles. The molecule has 3 nitrogen and oxygen atoms in total. The maximum Gasteiger partial charge on any atom is 0.0730 e. The van der Waals surface area contributed by atoms with Gasteiger partial charge in [-0.2, -0.15) is 0 Å². The average molecular weight is 280 g/mol. The molecule has 0 spiro atoms. The zero-order valence-corrected chi connectivity index (χ0v) is 13.0. The van der Waals surface area contributed by atoms with E-state index in [0.717, 1.165) is 19.2 Å². The molecule has 2 atom stereocenters. The van der Waals surface area contributed by atoms with Crippen molar-refractivity contribution in [2.45, 2.75) is 82.4 Å². The second-order valence-electron chi connectivity index (χ2n) is 6.94. The van der Waals surface area contributed by atoms with Crippen LogP contribution in [-0.4, -0.2) is 49.3 Å². The van der Waals surface area contributed by atoms with Crippen molar-refractivity contribution < 1.29 is 4.74 Å². The Bertz CT molecular complexity index is 274. The average Bonchev–Trinajstić information content (AvgIpc) is 2.76. The molecule has 3 fully saturated rings. The van der Waals surface area contributed by atoms with Crippen molar-refractivity contribution in [1.82, 2.24) is 10.2 Å². The zero-order chi connectivity index (χ0) is 13.6. The van der Waals surface area contributed by atoms with Crippen LogP contribution < -0.4 is 5.32 Å². The Morgan fingerprint density at radius 1 is 0.900 bits per heavy atom. The molecule has 116 valence electrons. The lowest BCUT2D eigenvalue weighted by Gasteiger charge is -2.44. The van der Waals surface area contributed by atoms with Crippen LogP contribution in [0, 0.1) is 0 Å². The van der Waals surface area contributed by atoms with E-state index in [9.17, 15) is 0 Å². The van der Waals surface area contributed by atoms with Crippen LogP contribution in [0.2, 0.25) is 0 Å². The smallest absolute Gasteiger partial charge is 0.0730 e. The van der Waals surface area contributed by atoms with Crippen LogP contribution in [0.4, 0.5) is 0 Å². The molecule has 1 heterocycles.